The van der Waals surface area contributed by atoms with Crippen molar-refractivity contribution in [2.45, 2.75) is 130 Å². The zero-order chi connectivity index (χ0) is 33.7. The van der Waals surface area contributed by atoms with Gasteiger partial charge in [0, 0.05) is 12.8 Å². The number of hydroxylamine groups is 2. The fourth-order valence-electron chi connectivity index (χ4n) is 5.46. The second kappa shape index (κ2) is 22.4. The number of aryl methyl sites for hydroxylation is 6. The van der Waals surface area contributed by atoms with E-state index in [1.165, 1.54) is 0 Å². The molecule has 8 nitrogen and oxygen atoms in total. The summed E-state index contributed by atoms with van der Waals surface area (Å²) in [4.78, 5) is 24.8. The van der Waals surface area contributed by atoms with Gasteiger partial charge in [-0.15, -0.1) is 0 Å². The third-order valence-corrected chi connectivity index (χ3v) is 8.31. The van der Waals surface area contributed by atoms with Crippen molar-refractivity contribution in [1.82, 2.24) is 5.06 Å². The van der Waals surface area contributed by atoms with Crippen molar-refractivity contribution in [3.8, 4) is 11.5 Å². The van der Waals surface area contributed by atoms with Gasteiger partial charge in [0.25, 0.3) is 0 Å². The van der Waals surface area contributed by atoms with Crippen LogP contribution in [-0.4, -0.2) is 53.7 Å². The van der Waals surface area contributed by atoms with Crippen LogP contribution in [0.1, 0.15) is 125 Å². The van der Waals surface area contributed by atoms with Crippen molar-refractivity contribution in [1.29, 1.82) is 0 Å². The zero-order valence-electron chi connectivity index (χ0n) is 28.9. The first-order chi connectivity index (χ1) is 22.2. The minimum atomic E-state index is -0.344. The molecular formula is C38H59NO7+. The van der Waals surface area contributed by atoms with Gasteiger partial charge in [-0.3, -0.25) is 9.59 Å². The molecule has 2 aromatic rings. The molecule has 2 rings (SSSR count). The van der Waals surface area contributed by atoms with Crippen LogP contribution in [0.3, 0.4) is 0 Å². The van der Waals surface area contributed by atoms with E-state index in [2.05, 4.69) is 27.7 Å². The van der Waals surface area contributed by atoms with Gasteiger partial charge in [0.05, 0.1) is 0 Å². The predicted molar refractivity (Wildman–Crippen MR) is 183 cm³/mol. The third kappa shape index (κ3) is 14.5. The number of ether oxygens (including phenoxy) is 2. The van der Waals surface area contributed by atoms with E-state index >= 15 is 0 Å². The van der Waals surface area contributed by atoms with E-state index in [0.29, 0.717) is 24.3 Å². The number of unbranched alkanes of at least 4 members (excludes halogenated alkanes) is 4. The molecule has 2 aromatic carbocycles. The van der Waals surface area contributed by atoms with Crippen molar-refractivity contribution in [2.75, 3.05) is 26.3 Å². The Morgan fingerprint density at radius 3 is 1.15 bits per heavy atom. The van der Waals surface area contributed by atoms with Crippen LogP contribution in [0.2, 0.25) is 0 Å². The number of benzene rings is 2. The topological polar surface area (TPSA) is 119 Å². The molecule has 0 aliphatic heterocycles. The first kappa shape index (κ1) is 39.1. The van der Waals surface area contributed by atoms with Gasteiger partial charge in [0.1, 0.15) is 24.7 Å². The summed E-state index contributed by atoms with van der Waals surface area (Å²) in [5.41, 5.74) is 5.84. The quantitative estimate of drug-likeness (QED) is 0.0612. The molecule has 0 atom stereocenters. The maximum atomic E-state index is 12.4. The predicted octanol–water partition coefficient (Wildman–Crippen LogP) is 7.65. The Kier molecular flexibility index (Phi) is 19.1. The highest BCUT2D eigenvalue weighted by molar-refractivity contribution is 5.70. The number of phenols is 2. The molecular weight excluding hydrogens is 582 g/mol. The van der Waals surface area contributed by atoms with Gasteiger partial charge >= 0.3 is 11.9 Å². The maximum absolute atomic E-state index is 12.4. The van der Waals surface area contributed by atoms with E-state index in [-0.39, 0.29) is 51.1 Å². The second-order valence-corrected chi connectivity index (χ2v) is 12.3. The van der Waals surface area contributed by atoms with E-state index in [1.54, 1.807) is 0 Å². The van der Waals surface area contributed by atoms with Gasteiger partial charge < -0.3 is 19.7 Å². The summed E-state index contributed by atoms with van der Waals surface area (Å²) >= 11 is 0. The van der Waals surface area contributed by atoms with Gasteiger partial charge in [-0.2, -0.15) is 5.21 Å². The average molecular weight is 642 g/mol. The summed E-state index contributed by atoms with van der Waals surface area (Å²) in [5.74, 6) is 0.102. The Balaban J connectivity index is 1.72. The van der Waals surface area contributed by atoms with Gasteiger partial charge in [0.2, 0.25) is 0 Å². The Hall–Kier alpha value is -3.10. The molecule has 0 saturated carbocycles. The fourth-order valence-corrected chi connectivity index (χ4v) is 5.46. The summed E-state index contributed by atoms with van der Waals surface area (Å²) in [5, 5.41) is 32.5. The smallest absolute Gasteiger partial charge is 0.306 e. The van der Waals surface area contributed by atoms with Crippen LogP contribution in [-0.2, 0) is 57.6 Å². The minimum absolute atomic E-state index is 0.0317. The maximum Gasteiger partial charge on any atom is 0.306 e. The summed E-state index contributed by atoms with van der Waals surface area (Å²) in [6, 6.07) is 8.02. The Morgan fingerprint density at radius 1 is 0.565 bits per heavy atom. The summed E-state index contributed by atoms with van der Waals surface area (Å²) in [6.45, 7) is 8.79. The molecule has 0 fully saturated rings. The molecule has 0 saturated heterocycles. The Bertz CT molecular complexity index is 1050. The van der Waals surface area contributed by atoms with E-state index < -0.39 is 0 Å². The first-order valence-corrected chi connectivity index (χ1v) is 17.6. The van der Waals surface area contributed by atoms with Gasteiger partial charge in [-0.25, -0.2) is 0 Å². The molecule has 0 bridgehead atoms. The van der Waals surface area contributed by atoms with Crippen molar-refractivity contribution in [2.24, 2.45) is 0 Å². The molecule has 0 aliphatic rings. The lowest BCUT2D eigenvalue weighted by Crippen LogP contribution is -2.34. The van der Waals surface area contributed by atoms with Crippen LogP contribution in [0.25, 0.3) is 0 Å². The van der Waals surface area contributed by atoms with Crippen molar-refractivity contribution in [3.05, 3.63) is 57.6 Å². The van der Waals surface area contributed by atoms with Crippen LogP contribution in [0, 0.1) is 0 Å². The molecule has 0 heterocycles. The van der Waals surface area contributed by atoms with Gasteiger partial charge in [0.15, 0.2) is 13.1 Å². The number of nitrogens with zero attached hydrogens (tertiary/aromatic N) is 1. The average Bonchev–Trinajstić information content (AvgIpc) is 3.04. The number of hydrogen-bond donors (Lipinski definition) is 3. The van der Waals surface area contributed by atoms with Crippen molar-refractivity contribution < 1.29 is 34.5 Å². The molecule has 0 aromatic heterocycles. The molecule has 257 valence electrons. The van der Waals surface area contributed by atoms with Gasteiger partial charge in [-0.05, 0) is 103 Å². The normalized spacial score (nSPS) is 11.3. The Labute approximate surface area is 277 Å². The van der Waals surface area contributed by atoms with Gasteiger partial charge in [-0.1, -0.05) is 77.6 Å². The molecule has 0 amide bonds. The number of rotatable bonds is 24. The highest BCUT2D eigenvalue weighted by atomic mass is 16.6. The second-order valence-electron chi connectivity index (χ2n) is 12.3. The molecule has 0 spiro atoms. The number of carbonyl (C=O) groups is 2. The molecule has 3 N–H and O–H groups in total. The van der Waals surface area contributed by atoms with Crippen molar-refractivity contribution in [3.63, 3.8) is 0 Å². The lowest BCUT2D eigenvalue weighted by atomic mass is 9.95. The largest absolute Gasteiger partial charge is 0.507 e. The highest BCUT2D eigenvalue weighted by Gasteiger charge is 2.17. The first-order valence-electron chi connectivity index (χ1n) is 17.6. The monoisotopic (exact) mass is 641 g/mol. The summed E-state index contributed by atoms with van der Waals surface area (Å²) in [6.07, 6.45) is 13.0. The van der Waals surface area contributed by atoms with Crippen LogP contribution in [0.15, 0.2) is 24.3 Å². The standard InChI is InChI=1S/C38H59NO7/c1-5-9-13-31-25-29(26-32(37(31)42)14-10-6-2)17-19-35(40)45-23-21-39(44)22-24-46-36(41)20-18-30-27-33(15-11-7-3)38(43)34(28-30)16-12-8-4/h25-28,42-44H,5-24H2,1-4H3/q+1. The number of esters is 2. The van der Waals surface area contributed by atoms with Crippen molar-refractivity contribution >= 4 is 11.9 Å². The Morgan fingerprint density at radius 2 is 0.870 bits per heavy atom. The van der Waals surface area contributed by atoms with E-state index in [4.69, 9.17) is 9.47 Å². The fraction of sp³-hybridized carbons (Fsp3) is 0.632. The lowest BCUT2D eigenvalue weighted by Gasteiger charge is -2.13. The molecule has 8 heteroatoms. The highest BCUT2D eigenvalue weighted by Crippen LogP contribution is 2.29. The van der Waals surface area contributed by atoms with E-state index in [1.807, 2.05) is 24.3 Å². The molecule has 1 radical (unpaired) electrons. The summed E-state index contributed by atoms with van der Waals surface area (Å²) < 4.78 is 10.6. The number of hydrogen-bond acceptors (Lipinski definition) is 8. The van der Waals surface area contributed by atoms with Crippen LogP contribution in [0.5, 0.6) is 11.5 Å². The number of aromatic hydroxyl groups is 2. The lowest BCUT2D eigenvalue weighted by molar-refractivity contribution is -0.146. The van der Waals surface area contributed by atoms with Crippen LogP contribution < -0.4 is 5.06 Å². The molecule has 46 heavy (non-hydrogen) atoms. The minimum Gasteiger partial charge on any atom is -0.507 e. The number of carbonyl (C=O) groups excluding carboxylic acids is 2. The van der Waals surface area contributed by atoms with Crippen LogP contribution in [0.4, 0.5) is 0 Å². The van der Waals surface area contributed by atoms with Crippen LogP contribution >= 0.6 is 0 Å². The SMILES string of the molecule is CCCCc1cc(CCC(=O)OCC[N+](O)CCOC(=O)CCc2cc(CCCC)c(O)c(CCCC)c2)cc(CCCC)c1O. The van der Waals surface area contributed by atoms with E-state index in [0.717, 1.165) is 115 Å². The van der Waals surface area contributed by atoms with E-state index in [9.17, 15) is 25.0 Å². The molecule has 0 unspecified atom stereocenters. The number of phenolic OH excluding ortho intramolecular Hbond substituents is 2. The third-order valence-electron chi connectivity index (χ3n) is 8.31. The summed E-state index contributed by atoms with van der Waals surface area (Å²) in [7, 11) is 0. The molecule has 0 aliphatic carbocycles. The zero-order valence-corrected chi connectivity index (χ0v) is 28.9.